The molecule has 7 heteroatoms. The molecule has 0 saturated carbocycles. The van der Waals surface area contributed by atoms with E-state index in [0.717, 1.165) is 11.0 Å². The third-order valence-corrected chi connectivity index (χ3v) is 3.53. The third kappa shape index (κ3) is 2.42. The van der Waals surface area contributed by atoms with Crippen molar-refractivity contribution in [2.75, 3.05) is 19.0 Å². The summed E-state index contributed by atoms with van der Waals surface area (Å²) in [6.45, 7) is 4.13. The molecule has 0 aliphatic rings. The highest BCUT2D eigenvalue weighted by Crippen LogP contribution is 2.21. The van der Waals surface area contributed by atoms with E-state index in [0.29, 0.717) is 11.9 Å². The SMILES string of the molecule is Cc1cc2ncn(-c3nc(Cl)nc(N(C)C)n3)c2cc1C. The van der Waals surface area contributed by atoms with Crippen LogP contribution in [-0.4, -0.2) is 38.6 Å². The predicted octanol–water partition coefficient (Wildman–Crippen LogP) is 2.55. The summed E-state index contributed by atoms with van der Waals surface area (Å²) < 4.78 is 1.82. The molecule has 108 valence electrons. The molecule has 0 atom stereocenters. The van der Waals surface area contributed by atoms with E-state index in [1.54, 1.807) is 11.2 Å². The summed E-state index contributed by atoms with van der Waals surface area (Å²) in [6.07, 6.45) is 1.70. The second-order valence-corrected chi connectivity index (χ2v) is 5.48. The lowest BCUT2D eigenvalue weighted by Crippen LogP contribution is -2.15. The van der Waals surface area contributed by atoms with Gasteiger partial charge in [0.05, 0.1) is 11.0 Å². The van der Waals surface area contributed by atoms with Gasteiger partial charge in [-0.25, -0.2) is 4.98 Å². The summed E-state index contributed by atoms with van der Waals surface area (Å²) in [7, 11) is 3.71. The molecule has 0 amide bonds. The van der Waals surface area contributed by atoms with Crippen molar-refractivity contribution in [3.05, 3.63) is 34.9 Å². The van der Waals surface area contributed by atoms with Crippen molar-refractivity contribution >= 4 is 28.6 Å². The smallest absolute Gasteiger partial charge is 0.241 e. The standard InChI is InChI=1S/C14H15ClN6/c1-8-5-10-11(6-9(8)2)21(7-16-10)14-18-12(15)17-13(19-14)20(3)4/h5-7H,1-4H3. The Hall–Kier alpha value is -2.21. The number of imidazole rings is 1. The first-order valence-electron chi connectivity index (χ1n) is 6.49. The number of benzene rings is 1. The first-order chi connectivity index (χ1) is 9.95. The molecule has 0 N–H and O–H groups in total. The average molecular weight is 303 g/mol. The van der Waals surface area contributed by atoms with Gasteiger partial charge in [-0.2, -0.15) is 15.0 Å². The van der Waals surface area contributed by atoms with Crippen LogP contribution in [0.5, 0.6) is 0 Å². The van der Waals surface area contributed by atoms with Crippen molar-refractivity contribution in [3.63, 3.8) is 0 Å². The van der Waals surface area contributed by atoms with Gasteiger partial charge in [0, 0.05) is 14.1 Å². The van der Waals surface area contributed by atoms with Crippen LogP contribution in [0.1, 0.15) is 11.1 Å². The number of fused-ring (bicyclic) bond motifs is 1. The van der Waals surface area contributed by atoms with E-state index in [9.17, 15) is 0 Å². The lowest BCUT2D eigenvalue weighted by molar-refractivity contribution is 0.883. The van der Waals surface area contributed by atoms with E-state index >= 15 is 0 Å². The fourth-order valence-electron chi connectivity index (χ4n) is 2.06. The summed E-state index contributed by atoms with van der Waals surface area (Å²) in [5.74, 6) is 0.972. The maximum atomic E-state index is 6.00. The Labute approximate surface area is 127 Å². The summed E-state index contributed by atoms with van der Waals surface area (Å²) in [5, 5.41) is 0.161. The maximum Gasteiger partial charge on any atom is 0.241 e. The monoisotopic (exact) mass is 302 g/mol. The van der Waals surface area contributed by atoms with Gasteiger partial charge in [0.1, 0.15) is 6.33 Å². The number of halogens is 1. The van der Waals surface area contributed by atoms with Crippen LogP contribution in [0.2, 0.25) is 5.28 Å². The van der Waals surface area contributed by atoms with E-state index < -0.39 is 0 Å². The quantitative estimate of drug-likeness (QED) is 0.728. The zero-order chi connectivity index (χ0) is 15.1. The van der Waals surface area contributed by atoms with Crippen LogP contribution in [0.15, 0.2) is 18.5 Å². The molecule has 21 heavy (non-hydrogen) atoms. The van der Waals surface area contributed by atoms with Crippen molar-refractivity contribution in [3.8, 4) is 5.95 Å². The van der Waals surface area contributed by atoms with Gasteiger partial charge in [0.15, 0.2) is 0 Å². The molecule has 3 rings (SSSR count). The zero-order valence-corrected chi connectivity index (χ0v) is 13.0. The van der Waals surface area contributed by atoms with Crippen LogP contribution in [0, 0.1) is 13.8 Å². The van der Waals surface area contributed by atoms with Gasteiger partial charge in [0.2, 0.25) is 17.2 Å². The molecular formula is C14H15ClN6. The third-order valence-electron chi connectivity index (χ3n) is 3.36. The molecule has 0 saturated heterocycles. The van der Waals surface area contributed by atoms with Gasteiger partial charge < -0.3 is 4.90 Å². The molecular weight excluding hydrogens is 288 g/mol. The molecule has 0 aliphatic carbocycles. The Bertz CT molecular complexity index is 824. The van der Waals surface area contributed by atoms with Gasteiger partial charge in [0.25, 0.3) is 0 Å². The molecule has 2 heterocycles. The molecule has 0 fully saturated rings. The van der Waals surface area contributed by atoms with Crippen molar-refractivity contribution in [2.24, 2.45) is 0 Å². The molecule has 2 aromatic heterocycles. The van der Waals surface area contributed by atoms with Crippen LogP contribution < -0.4 is 4.90 Å². The minimum Gasteiger partial charge on any atom is -0.347 e. The summed E-state index contributed by atoms with van der Waals surface area (Å²) >= 11 is 6.00. The molecule has 0 radical (unpaired) electrons. The van der Waals surface area contributed by atoms with Crippen LogP contribution >= 0.6 is 11.6 Å². The zero-order valence-electron chi connectivity index (χ0n) is 12.3. The second-order valence-electron chi connectivity index (χ2n) is 5.14. The van der Waals surface area contributed by atoms with Crippen molar-refractivity contribution in [1.82, 2.24) is 24.5 Å². The Morgan fingerprint density at radius 1 is 1.05 bits per heavy atom. The number of nitrogens with zero attached hydrogens (tertiary/aromatic N) is 6. The molecule has 6 nitrogen and oxygen atoms in total. The minimum atomic E-state index is 0.161. The molecule has 0 spiro atoms. The van der Waals surface area contributed by atoms with Crippen molar-refractivity contribution < 1.29 is 0 Å². The molecule has 0 unspecified atom stereocenters. The van der Waals surface area contributed by atoms with Gasteiger partial charge in [-0.3, -0.25) is 4.57 Å². The highest BCUT2D eigenvalue weighted by Gasteiger charge is 2.12. The number of aryl methyl sites for hydroxylation is 2. The van der Waals surface area contributed by atoms with E-state index in [2.05, 4.69) is 45.9 Å². The number of hydrogen-bond donors (Lipinski definition) is 0. The predicted molar refractivity (Wildman–Crippen MR) is 83.3 cm³/mol. The maximum absolute atomic E-state index is 6.00. The lowest BCUT2D eigenvalue weighted by Gasteiger charge is -2.11. The van der Waals surface area contributed by atoms with Crippen LogP contribution in [0.3, 0.4) is 0 Å². The summed E-state index contributed by atoms with van der Waals surface area (Å²) in [5.41, 5.74) is 4.25. The number of hydrogen-bond acceptors (Lipinski definition) is 5. The minimum absolute atomic E-state index is 0.161. The molecule has 1 aromatic carbocycles. The van der Waals surface area contributed by atoms with Gasteiger partial charge in [-0.15, -0.1) is 0 Å². The van der Waals surface area contributed by atoms with E-state index in [1.165, 1.54) is 11.1 Å². The fraction of sp³-hybridized carbons (Fsp3) is 0.286. The van der Waals surface area contributed by atoms with Crippen molar-refractivity contribution in [2.45, 2.75) is 13.8 Å². The molecule has 0 bridgehead atoms. The normalized spacial score (nSPS) is 11.1. The largest absolute Gasteiger partial charge is 0.347 e. The number of aromatic nitrogens is 5. The van der Waals surface area contributed by atoms with Gasteiger partial charge >= 0.3 is 0 Å². The van der Waals surface area contributed by atoms with E-state index in [-0.39, 0.29) is 5.28 Å². The number of rotatable bonds is 2. The number of anilines is 1. The average Bonchev–Trinajstić information content (AvgIpc) is 2.81. The molecule has 0 aliphatic heterocycles. The Morgan fingerprint density at radius 2 is 1.76 bits per heavy atom. The lowest BCUT2D eigenvalue weighted by atomic mass is 10.1. The summed E-state index contributed by atoms with van der Waals surface area (Å²) in [4.78, 5) is 18.9. The van der Waals surface area contributed by atoms with E-state index in [1.807, 2.05) is 18.7 Å². The van der Waals surface area contributed by atoms with Gasteiger partial charge in [-0.05, 0) is 48.7 Å². The van der Waals surface area contributed by atoms with Gasteiger partial charge in [-0.1, -0.05) is 0 Å². The first-order valence-corrected chi connectivity index (χ1v) is 6.87. The Balaban J connectivity index is 2.23. The fourth-order valence-corrected chi connectivity index (χ4v) is 2.21. The second kappa shape index (κ2) is 4.96. The first kappa shape index (κ1) is 13.8. The van der Waals surface area contributed by atoms with E-state index in [4.69, 9.17) is 11.6 Å². The highest BCUT2D eigenvalue weighted by molar-refractivity contribution is 6.28. The Kier molecular flexibility index (Phi) is 3.25. The Morgan fingerprint density at radius 3 is 2.48 bits per heavy atom. The molecule has 3 aromatic rings. The summed E-state index contributed by atoms with van der Waals surface area (Å²) in [6, 6.07) is 4.13. The van der Waals surface area contributed by atoms with Crippen LogP contribution in [-0.2, 0) is 0 Å². The van der Waals surface area contributed by atoms with Crippen LogP contribution in [0.4, 0.5) is 5.95 Å². The van der Waals surface area contributed by atoms with Crippen LogP contribution in [0.25, 0.3) is 17.0 Å². The topological polar surface area (TPSA) is 59.7 Å². The van der Waals surface area contributed by atoms with Crippen molar-refractivity contribution in [1.29, 1.82) is 0 Å². The highest BCUT2D eigenvalue weighted by atomic mass is 35.5.